The molecule has 1 aliphatic rings. The molecule has 7 heteroatoms. The fourth-order valence-corrected chi connectivity index (χ4v) is 3.04. The van der Waals surface area contributed by atoms with Gasteiger partial charge in [0.2, 0.25) is 0 Å². The summed E-state index contributed by atoms with van der Waals surface area (Å²) in [4.78, 5) is 26.6. The molecule has 3 rings (SSSR count). The standard InChI is InChI=1S/C18H15BrFNO4/c1-2-24-18(23)16(11-4-3-5-13(20)8-11)21-10-25-15-7-6-12(19)9-14(15)17(21)22/h3-9,16H,2,10H2,1H3. The topological polar surface area (TPSA) is 55.8 Å². The van der Waals surface area contributed by atoms with Crippen LogP contribution in [0.5, 0.6) is 5.75 Å². The van der Waals surface area contributed by atoms with Crippen molar-refractivity contribution in [1.82, 2.24) is 4.90 Å². The number of benzene rings is 2. The van der Waals surface area contributed by atoms with Gasteiger partial charge in [0.05, 0.1) is 12.2 Å². The summed E-state index contributed by atoms with van der Waals surface area (Å²) in [7, 11) is 0. The number of nitrogens with zero attached hydrogens (tertiary/aromatic N) is 1. The van der Waals surface area contributed by atoms with E-state index in [-0.39, 0.29) is 19.2 Å². The van der Waals surface area contributed by atoms with Crippen molar-refractivity contribution in [3.63, 3.8) is 0 Å². The lowest BCUT2D eigenvalue weighted by molar-refractivity contribution is -0.150. The number of amides is 1. The molecule has 2 aromatic carbocycles. The predicted octanol–water partition coefficient (Wildman–Crippen LogP) is 3.68. The van der Waals surface area contributed by atoms with Crippen molar-refractivity contribution in [2.45, 2.75) is 13.0 Å². The van der Waals surface area contributed by atoms with Gasteiger partial charge in [-0.3, -0.25) is 9.69 Å². The summed E-state index contributed by atoms with van der Waals surface area (Å²) in [5, 5.41) is 0. The number of hydrogen-bond donors (Lipinski definition) is 0. The highest BCUT2D eigenvalue weighted by Gasteiger charge is 2.37. The molecule has 2 aromatic rings. The zero-order valence-corrected chi connectivity index (χ0v) is 15.0. The molecule has 0 N–H and O–H groups in total. The van der Waals surface area contributed by atoms with Crippen molar-refractivity contribution < 1.29 is 23.5 Å². The van der Waals surface area contributed by atoms with Crippen LogP contribution in [0.3, 0.4) is 0 Å². The molecule has 130 valence electrons. The van der Waals surface area contributed by atoms with Gasteiger partial charge in [-0.05, 0) is 42.8 Å². The van der Waals surface area contributed by atoms with Crippen molar-refractivity contribution in [3.05, 3.63) is 63.9 Å². The van der Waals surface area contributed by atoms with E-state index in [1.807, 2.05) is 0 Å². The Balaban J connectivity index is 2.02. The quantitative estimate of drug-likeness (QED) is 0.725. The SMILES string of the molecule is CCOC(=O)C(c1cccc(F)c1)N1COc2ccc(Br)cc2C1=O. The summed E-state index contributed by atoms with van der Waals surface area (Å²) in [6, 6.07) is 9.52. The van der Waals surface area contributed by atoms with Crippen LogP contribution >= 0.6 is 15.9 Å². The second-order valence-electron chi connectivity index (χ2n) is 5.40. The van der Waals surface area contributed by atoms with Crippen LogP contribution in [0.15, 0.2) is 46.9 Å². The molecule has 1 atom stereocenters. The molecule has 25 heavy (non-hydrogen) atoms. The van der Waals surface area contributed by atoms with Crippen molar-refractivity contribution in [2.24, 2.45) is 0 Å². The minimum absolute atomic E-state index is 0.131. The second kappa shape index (κ2) is 7.23. The van der Waals surface area contributed by atoms with Gasteiger partial charge in [0.1, 0.15) is 11.6 Å². The summed E-state index contributed by atoms with van der Waals surface area (Å²) in [6.07, 6.45) is 0. The van der Waals surface area contributed by atoms with E-state index in [9.17, 15) is 14.0 Å². The summed E-state index contributed by atoms with van der Waals surface area (Å²) in [6.45, 7) is 1.69. The minimum atomic E-state index is -1.09. The van der Waals surface area contributed by atoms with E-state index in [4.69, 9.17) is 9.47 Å². The van der Waals surface area contributed by atoms with Crippen LogP contribution in [0, 0.1) is 5.82 Å². The van der Waals surface area contributed by atoms with Gasteiger partial charge >= 0.3 is 5.97 Å². The Labute approximate surface area is 152 Å². The highest BCUT2D eigenvalue weighted by atomic mass is 79.9. The molecule has 0 aromatic heterocycles. The maximum absolute atomic E-state index is 13.6. The molecule has 0 saturated carbocycles. The molecule has 1 amide bonds. The molecule has 0 radical (unpaired) electrons. The molecule has 1 aliphatic heterocycles. The van der Waals surface area contributed by atoms with Gasteiger partial charge in [0.25, 0.3) is 5.91 Å². The Morgan fingerprint density at radius 1 is 1.36 bits per heavy atom. The number of halogens is 2. The minimum Gasteiger partial charge on any atom is -0.472 e. The van der Waals surface area contributed by atoms with Crippen LogP contribution < -0.4 is 4.74 Å². The zero-order chi connectivity index (χ0) is 18.0. The third-order valence-electron chi connectivity index (χ3n) is 3.78. The third-order valence-corrected chi connectivity index (χ3v) is 4.27. The van der Waals surface area contributed by atoms with E-state index in [1.165, 1.54) is 23.1 Å². The zero-order valence-electron chi connectivity index (χ0n) is 13.4. The van der Waals surface area contributed by atoms with Crippen LogP contribution in [-0.4, -0.2) is 30.1 Å². The Hall–Kier alpha value is -2.41. The van der Waals surface area contributed by atoms with Crippen LogP contribution in [0.4, 0.5) is 4.39 Å². The van der Waals surface area contributed by atoms with Gasteiger partial charge in [0.15, 0.2) is 12.8 Å². The maximum Gasteiger partial charge on any atom is 0.333 e. The van der Waals surface area contributed by atoms with Gasteiger partial charge < -0.3 is 9.47 Å². The van der Waals surface area contributed by atoms with Gasteiger partial charge in [0, 0.05) is 4.47 Å². The van der Waals surface area contributed by atoms with E-state index in [2.05, 4.69) is 15.9 Å². The first-order valence-electron chi connectivity index (χ1n) is 7.66. The van der Waals surface area contributed by atoms with E-state index < -0.39 is 17.8 Å². The molecule has 0 spiro atoms. The maximum atomic E-state index is 13.6. The largest absolute Gasteiger partial charge is 0.472 e. The molecule has 5 nitrogen and oxygen atoms in total. The van der Waals surface area contributed by atoms with Crippen molar-refractivity contribution in [3.8, 4) is 5.75 Å². The molecule has 0 aliphatic carbocycles. The summed E-state index contributed by atoms with van der Waals surface area (Å²) in [5.74, 6) is -1.08. The molecular weight excluding hydrogens is 393 g/mol. The highest BCUT2D eigenvalue weighted by Crippen LogP contribution is 2.33. The van der Waals surface area contributed by atoms with Gasteiger partial charge in [-0.15, -0.1) is 0 Å². The first kappa shape index (κ1) is 17.4. The number of esters is 1. The van der Waals surface area contributed by atoms with Crippen molar-refractivity contribution >= 4 is 27.8 Å². The smallest absolute Gasteiger partial charge is 0.333 e. The molecule has 0 saturated heterocycles. The predicted molar refractivity (Wildman–Crippen MR) is 91.6 cm³/mol. The summed E-state index contributed by atoms with van der Waals surface area (Å²) >= 11 is 3.32. The van der Waals surface area contributed by atoms with Crippen LogP contribution in [0.2, 0.25) is 0 Å². The Morgan fingerprint density at radius 3 is 2.88 bits per heavy atom. The second-order valence-corrected chi connectivity index (χ2v) is 6.31. The molecule has 1 heterocycles. The third kappa shape index (κ3) is 3.51. The lowest BCUT2D eigenvalue weighted by Gasteiger charge is -2.34. The number of carbonyl (C=O) groups excluding carboxylic acids is 2. The van der Waals surface area contributed by atoms with Crippen LogP contribution in [-0.2, 0) is 9.53 Å². The number of rotatable bonds is 4. The molecule has 0 fully saturated rings. The molecule has 1 unspecified atom stereocenters. The lowest BCUT2D eigenvalue weighted by atomic mass is 10.0. The van der Waals surface area contributed by atoms with E-state index in [0.717, 1.165) is 0 Å². The monoisotopic (exact) mass is 407 g/mol. The molecular formula is C18H15BrFNO4. The van der Waals surface area contributed by atoms with Gasteiger partial charge in [-0.25, -0.2) is 9.18 Å². The Morgan fingerprint density at radius 2 is 2.16 bits per heavy atom. The van der Waals surface area contributed by atoms with Crippen molar-refractivity contribution in [2.75, 3.05) is 13.3 Å². The number of carbonyl (C=O) groups is 2. The van der Waals surface area contributed by atoms with E-state index in [0.29, 0.717) is 21.3 Å². The summed E-state index contributed by atoms with van der Waals surface area (Å²) in [5.41, 5.74) is 0.653. The average molecular weight is 408 g/mol. The first-order chi connectivity index (χ1) is 12.0. The normalized spacial score (nSPS) is 14.5. The number of hydrogen-bond acceptors (Lipinski definition) is 4. The number of fused-ring (bicyclic) bond motifs is 1. The first-order valence-corrected chi connectivity index (χ1v) is 8.46. The number of ether oxygens (including phenoxy) is 2. The van der Waals surface area contributed by atoms with E-state index >= 15 is 0 Å². The van der Waals surface area contributed by atoms with Gasteiger partial charge in [-0.1, -0.05) is 28.1 Å². The fourth-order valence-electron chi connectivity index (χ4n) is 2.68. The van der Waals surface area contributed by atoms with Gasteiger partial charge in [-0.2, -0.15) is 0 Å². The van der Waals surface area contributed by atoms with Crippen molar-refractivity contribution in [1.29, 1.82) is 0 Å². The lowest BCUT2D eigenvalue weighted by Crippen LogP contribution is -2.44. The van der Waals surface area contributed by atoms with Crippen LogP contribution in [0.1, 0.15) is 28.9 Å². The van der Waals surface area contributed by atoms with E-state index in [1.54, 1.807) is 31.2 Å². The average Bonchev–Trinajstić information content (AvgIpc) is 2.58. The highest BCUT2D eigenvalue weighted by molar-refractivity contribution is 9.10. The molecule has 0 bridgehead atoms. The van der Waals surface area contributed by atoms with Crippen LogP contribution in [0.25, 0.3) is 0 Å². The fraction of sp³-hybridized carbons (Fsp3) is 0.222. The Bertz CT molecular complexity index is 826. The summed E-state index contributed by atoms with van der Waals surface area (Å²) < 4.78 is 25.0. The Kier molecular flexibility index (Phi) is 5.03.